The molecule has 92 valence electrons. The van der Waals surface area contributed by atoms with Crippen molar-refractivity contribution in [2.45, 2.75) is 6.42 Å². The lowest BCUT2D eigenvalue weighted by atomic mass is 10.3. The van der Waals surface area contributed by atoms with Crippen molar-refractivity contribution in [1.82, 2.24) is 15.0 Å². The third kappa shape index (κ3) is 2.85. The van der Waals surface area contributed by atoms with E-state index < -0.39 is 0 Å². The Balaban J connectivity index is 1.95. The molecular weight excluding hydrogens is 220 g/mol. The topological polar surface area (TPSA) is 77.4 Å². The first-order valence-corrected chi connectivity index (χ1v) is 5.46. The summed E-state index contributed by atoms with van der Waals surface area (Å²) in [6.07, 6.45) is 0.950. The molecule has 0 aliphatic heterocycles. The lowest BCUT2D eigenvalue weighted by molar-refractivity contribution is 0.273. The van der Waals surface area contributed by atoms with Crippen LogP contribution < -0.4 is 10.5 Å². The maximum Gasteiger partial charge on any atom is 0.263 e. The molecule has 2 N–H and O–H groups in total. The first kappa shape index (κ1) is 11.7. The summed E-state index contributed by atoms with van der Waals surface area (Å²) < 4.78 is 10.5. The van der Waals surface area contributed by atoms with Gasteiger partial charge in [0.05, 0.1) is 12.0 Å². The van der Waals surface area contributed by atoms with Crippen LogP contribution in [-0.2, 0) is 0 Å². The van der Waals surface area contributed by atoms with Crippen LogP contribution in [0.5, 0.6) is 5.88 Å². The van der Waals surface area contributed by atoms with E-state index in [1.54, 1.807) is 12.1 Å². The molecule has 0 spiro atoms. The SMILES string of the molecule is CN(C)CCCOc1ccc2c(N)noc2n1. The second-order valence-corrected chi connectivity index (χ2v) is 4.08. The van der Waals surface area contributed by atoms with E-state index >= 15 is 0 Å². The van der Waals surface area contributed by atoms with Gasteiger partial charge < -0.3 is 19.9 Å². The second-order valence-electron chi connectivity index (χ2n) is 4.08. The first-order chi connectivity index (χ1) is 8.16. The summed E-state index contributed by atoms with van der Waals surface area (Å²) in [7, 11) is 4.06. The molecule has 0 aliphatic carbocycles. The monoisotopic (exact) mass is 236 g/mol. The molecule has 2 heterocycles. The molecule has 2 aromatic heterocycles. The third-order valence-corrected chi connectivity index (χ3v) is 2.34. The Kier molecular flexibility index (Phi) is 3.43. The highest BCUT2D eigenvalue weighted by Gasteiger charge is 2.07. The van der Waals surface area contributed by atoms with Crippen molar-refractivity contribution in [1.29, 1.82) is 0 Å². The molecule has 0 atom stereocenters. The molecule has 0 fully saturated rings. The van der Waals surface area contributed by atoms with Gasteiger partial charge in [0.1, 0.15) is 0 Å². The molecular formula is C11H16N4O2. The van der Waals surface area contributed by atoms with E-state index in [-0.39, 0.29) is 0 Å². The molecule has 0 bridgehead atoms. The van der Waals surface area contributed by atoms with Gasteiger partial charge in [0.2, 0.25) is 5.88 Å². The van der Waals surface area contributed by atoms with Gasteiger partial charge in [-0.2, -0.15) is 4.98 Å². The summed E-state index contributed by atoms with van der Waals surface area (Å²) in [4.78, 5) is 6.28. The smallest absolute Gasteiger partial charge is 0.263 e. The quantitative estimate of drug-likeness (QED) is 0.784. The average Bonchev–Trinajstić information content (AvgIpc) is 2.66. The Labute approximate surface area is 99.3 Å². The van der Waals surface area contributed by atoms with Crippen molar-refractivity contribution >= 4 is 16.9 Å². The maximum atomic E-state index is 5.59. The summed E-state index contributed by atoms with van der Waals surface area (Å²) in [5, 5.41) is 4.35. The fourth-order valence-electron chi connectivity index (χ4n) is 1.47. The molecule has 6 heteroatoms. The van der Waals surface area contributed by atoms with Crippen molar-refractivity contribution in [2.24, 2.45) is 0 Å². The Morgan fingerprint density at radius 3 is 3.00 bits per heavy atom. The number of nitrogens with two attached hydrogens (primary N) is 1. The van der Waals surface area contributed by atoms with E-state index in [1.807, 2.05) is 14.1 Å². The zero-order valence-electron chi connectivity index (χ0n) is 10.0. The standard InChI is InChI=1S/C11H16N4O2/c1-15(2)6-3-7-16-9-5-4-8-10(12)14-17-11(8)13-9/h4-5H,3,6-7H2,1-2H3,(H2,12,14). The van der Waals surface area contributed by atoms with Gasteiger partial charge in [-0.25, -0.2) is 0 Å². The lowest BCUT2D eigenvalue weighted by Gasteiger charge is -2.09. The largest absolute Gasteiger partial charge is 0.478 e. The Bertz CT molecular complexity index is 495. The minimum atomic E-state index is 0.353. The zero-order chi connectivity index (χ0) is 12.3. The number of fused-ring (bicyclic) bond motifs is 1. The van der Waals surface area contributed by atoms with Crippen LogP contribution in [0.25, 0.3) is 11.1 Å². The van der Waals surface area contributed by atoms with Crippen LogP contribution in [0.2, 0.25) is 0 Å². The van der Waals surface area contributed by atoms with Gasteiger partial charge in [0.15, 0.2) is 5.82 Å². The minimum Gasteiger partial charge on any atom is -0.478 e. The van der Waals surface area contributed by atoms with Crippen molar-refractivity contribution in [3.8, 4) is 5.88 Å². The van der Waals surface area contributed by atoms with Gasteiger partial charge in [-0.1, -0.05) is 5.16 Å². The van der Waals surface area contributed by atoms with E-state index in [1.165, 1.54) is 0 Å². The average molecular weight is 236 g/mol. The number of hydrogen-bond donors (Lipinski definition) is 1. The van der Waals surface area contributed by atoms with Gasteiger partial charge in [0, 0.05) is 12.6 Å². The van der Waals surface area contributed by atoms with Gasteiger partial charge in [0.25, 0.3) is 5.71 Å². The van der Waals surface area contributed by atoms with Gasteiger partial charge in [-0.05, 0) is 26.6 Å². The number of aromatic nitrogens is 2. The summed E-state index contributed by atoms with van der Waals surface area (Å²) >= 11 is 0. The van der Waals surface area contributed by atoms with Crippen LogP contribution in [0.3, 0.4) is 0 Å². The van der Waals surface area contributed by atoms with Crippen LogP contribution in [0.1, 0.15) is 6.42 Å². The molecule has 0 aliphatic rings. The van der Waals surface area contributed by atoms with Crippen molar-refractivity contribution in [2.75, 3.05) is 33.0 Å². The van der Waals surface area contributed by atoms with Crippen molar-refractivity contribution < 1.29 is 9.26 Å². The van der Waals surface area contributed by atoms with Crippen molar-refractivity contribution in [3.05, 3.63) is 12.1 Å². The number of hydrogen-bond acceptors (Lipinski definition) is 6. The highest BCUT2D eigenvalue weighted by Crippen LogP contribution is 2.21. The van der Waals surface area contributed by atoms with Crippen LogP contribution in [0.4, 0.5) is 5.82 Å². The summed E-state index contributed by atoms with van der Waals surface area (Å²) in [5.74, 6) is 0.888. The van der Waals surface area contributed by atoms with Gasteiger partial charge in [-0.3, -0.25) is 0 Å². The van der Waals surface area contributed by atoms with Gasteiger partial charge in [-0.15, -0.1) is 0 Å². The lowest BCUT2D eigenvalue weighted by Crippen LogP contribution is -2.15. The van der Waals surface area contributed by atoms with E-state index in [0.29, 0.717) is 29.4 Å². The molecule has 2 rings (SSSR count). The molecule has 2 aromatic rings. The number of nitrogens with zero attached hydrogens (tertiary/aromatic N) is 3. The Morgan fingerprint density at radius 2 is 2.24 bits per heavy atom. The highest BCUT2D eigenvalue weighted by molar-refractivity contribution is 5.84. The molecule has 0 aromatic carbocycles. The summed E-state index contributed by atoms with van der Waals surface area (Å²) in [6.45, 7) is 1.61. The van der Waals surface area contributed by atoms with Gasteiger partial charge >= 0.3 is 0 Å². The number of nitrogen functional groups attached to an aromatic ring is 1. The number of ether oxygens (including phenoxy) is 1. The third-order valence-electron chi connectivity index (χ3n) is 2.34. The van der Waals surface area contributed by atoms with E-state index in [9.17, 15) is 0 Å². The second kappa shape index (κ2) is 5.01. The fraction of sp³-hybridized carbons (Fsp3) is 0.455. The van der Waals surface area contributed by atoms with Crippen LogP contribution in [-0.4, -0.2) is 42.3 Å². The molecule has 0 saturated heterocycles. The molecule has 0 amide bonds. The molecule has 0 unspecified atom stereocenters. The molecule has 6 nitrogen and oxygen atoms in total. The predicted octanol–water partition coefficient (Wildman–Crippen LogP) is 1.14. The Morgan fingerprint density at radius 1 is 1.41 bits per heavy atom. The molecule has 0 radical (unpaired) electrons. The molecule has 17 heavy (non-hydrogen) atoms. The van der Waals surface area contributed by atoms with Crippen LogP contribution >= 0.6 is 0 Å². The predicted molar refractivity (Wildman–Crippen MR) is 64.9 cm³/mol. The van der Waals surface area contributed by atoms with E-state index in [0.717, 1.165) is 13.0 Å². The number of rotatable bonds is 5. The van der Waals surface area contributed by atoms with Crippen LogP contribution in [0, 0.1) is 0 Å². The highest BCUT2D eigenvalue weighted by atomic mass is 16.5. The summed E-state index contributed by atoms with van der Waals surface area (Å²) in [5.41, 5.74) is 6.00. The zero-order valence-corrected chi connectivity index (χ0v) is 10.0. The fourth-order valence-corrected chi connectivity index (χ4v) is 1.47. The number of pyridine rings is 1. The van der Waals surface area contributed by atoms with Crippen LogP contribution in [0.15, 0.2) is 16.7 Å². The summed E-state index contributed by atoms with van der Waals surface area (Å²) in [6, 6.07) is 3.57. The Hall–Kier alpha value is -1.82. The maximum absolute atomic E-state index is 5.59. The van der Waals surface area contributed by atoms with E-state index in [2.05, 4.69) is 15.0 Å². The first-order valence-electron chi connectivity index (χ1n) is 5.46. The van der Waals surface area contributed by atoms with Crippen molar-refractivity contribution in [3.63, 3.8) is 0 Å². The molecule has 0 saturated carbocycles. The minimum absolute atomic E-state index is 0.353. The normalized spacial score (nSPS) is 11.2. The number of anilines is 1. The van der Waals surface area contributed by atoms with E-state index in [4.69, 9.17) is 15.0 Å².